The standard InChI is InChI=1S/C15H17NO5S/c1-11(17)12-2-4-14(5-3-12)22(19,20)16-8-6-15(18)13-7-9-21-10-13/h2-5,7,9-10,15-16,18H,6,8H2,1H3/t15-/m0/s1. The van der Waals surface area contributed by atoms with Crippen LogP contribution in [0.1, 0.15) is 35.4 Å². The Bertz CT molecular complexity index is 720. The van der Waals surface area contributed by atoms with Crippen molar-refractivity contribution in [2.45, 2.75) is 24.3 Å². The molecule has 0 radical (unpaired) electrons. The molecular formula is C15H17NO5S. The maximum absolute atomic E-state index is 12.1. The number of carbonyl (C=O) groups is 1. The molecule has 0 aliphatic carbocycles. The number of Topliss-reactive ketones (excluding diaryl/α,β-unsaturated/α-hetero) is 1. The number of nitrogens with one attached hydrogen (secondary N) is 1. The van der Waals surface area contributed by atoms with Crippen LogP contribution in [0.2, 0.25) is 0 Å². The number of hydrogen-bond donors (Lipinski definition) is 2. The van der Waals surface area contributed by atoms with E-state index in [1.165, 1.54) is 43.7 Å². The summed E-state index contributed by atoms with van der Waals surface area (Å²) in [6, 6.07) is 7.32. The van der Waals surface area contributed by atoms with E-state index in [-0.39, 0.29) is 23.6 Å². The van der Waals surface area contributed by atoms with Crippen LogP contribution in [0.4, 0.5) is 0 Å². The van der Waals surface area contributed by atoms with Crippen molar-refractivity contribution in [1.29, 1.82) is 0 Å². The fraction of sp³-hybridized carbons (Fsp3) is 0.267. The highest BCUT2D eigenvalue weighted by atomic mass is 32.2. The van der Waals surface area contributed by atoms with E-state index in [2.05, 4.69) is 4.72 Å². The second-order valence-corrected chi connectivity index (χ2v) is 6.61. The normalized spacial score (nSPS) is 13.0. The molecule has 1 aromatic carbocycles. The van der Waals surface area contributed by atoms with Gasteiger partial charge < -0.3 is 9.52 Å². The quantitative estimate of drug-likeness (QED) is 0.758. The van der Waals surface area contributed by atoms with Crippen LogP contribution in [0, 0.1) is 0 Å². The molecule has 1 aromatic heterocycles. The lowest BCUT2D eigenvalue weighted by Gasteiger charge is -2.10. The van der Waals surface area contributed by atoms with Crippen molar-refractivity contribution >= 4 is 15.8 Å². The van der Waals surface area contributed by atoms with Gasteiger partial charge in [0.2, 0.25) is 10.0 Å². The number of rotatable bonds is 7. The number of benzene rings is 1. The molecule has 0 amide bonds. The van der Waals surface area contributed by atoms with Gasteiger partial charge in [0.25, 0.3) is 0 Å². The topological polar surface area (TPSA) is 96.6 Å². The van der Waals surface area contributed by atoms with E-state index < -0.39 is 16.1 Å². The first-order valence-electron chi connectivity index (χ1n) is 6.71. The van der Waals surface area contributed by atoms with Crippen LogP contribution in [-0.2, 0) is 10.0 Å². The van der Waals surface area contributed by atoms with Crippen LogP contribution in [-0.4, -0.2) is 25.9 Å². The minimum atomic E-state index is -3.66. The molecule has 0 spiro atoms. The maximum atomic E-state index is 12.1. The van der Waals surface area contributed by atoms with Gasteiger partial charge in [-0.25, -0.2) is 13.1 Å². The summed E-state index contributed by atoms with van der Waals surface area (Å²) in [6.45, 7) is 1.50. The van der Waals surface area contributed by atoms with Crippen molar-refractivity contribution in [3.05, 3.63) is 54.0 Å². The van der Waals surface area contributed by atoms with Gasteiger partial charge in [-0.1, -0.05) is 12.1 Å². The molecule has 2 rings (SSSR count). The Labute approximate surface area is 128 Å². The molecule has 1 heterocycles. The van der Waals surface area contributed by atoms with Crippen molar-refractivity contribution in [1.82, 2.24) is 4.72 Å². The van der Waals surface area contributed by atoms with Crippen molar-refractivity contribution in [3.8, 4) is 0 Å². The van der Waals surface area contributed by atoms with E-state index in [0.29, 0.717) is 11.1 Å². The summed E-state index contributed by atoms with van der Waals surface area (Å²) in [7, 11) is -3.66. The average molecular weight is 323 g/mol. The number of furan rings is 1. The number of sulfonamides is 1. The van der Waals surface area contributed by atoms with Gasteiger partial charge in [-0.05, 0) is 31.5 Å². The van der Waals surface area contributed by atoms with Crippen molar-refractivity contribution in [2.24, 2.45) is 0 Å². The van der Waals surface area contributed by atoms with E-state index in [1.54, 1.807) is 6.07 Å². The highest BCUT2D eigenvalue weighted by Crippen LogP contribution is 2.17. The van der Waals surface area contributed by atoms with Crippen LogP contribution < -0.4 is 4.72 Å². The van der Waals surface area contributed by atoms with Crippen LogP contribution in [0.5, 0.6) is 0 Å². The predicted octanol–water partition coefficient (Wildman–Crippen LogP) is 1.88. The Morgan fingerprint density at radius 1 is 1.27 bits per heavy atom. The number of carbonyl (C=O) groups excluding carboxylic acids is 1. The van der Waals surface area contributed by atoms with Gasteiger partial charge in [0.05, 0.1) is 23.5 Å². The van der Waals surface area contributed by atoms with Gasteiger partial charge in [0.1, 0.15) is 0 Å². The monoisotopic (exact) mass is 323 g/mol. The lowest BCUT2D eigenvalue weighted by molar-refractivity contribution is 0.101. The third-order valence-electron chi connectivity index (χ3n) is 3.21. The molecule has 7 heteroatoms. The van der Waals surface area contributed by atoms with Gasteiger partial charge in [-0.2, -0.15) is 0 Å². The summed E-state index contributed by atoms with van der Waals surface area (Å²) in [5.41, 5.74) is 1.05. The molecule has 0 aliphatic heterocycles. The summed E-state index contributed by atoms with van der Waals surface area (Å²) in [5, 5.41) is 9.84. The van der Waals surface area contributed by atoms with Crippen LogP contribution in [0.15, 0.2) is 52.2 Å². The average Bonchev–Trinajstić information content (AvgIpc) is 3.01. The first kappa shape index (κ1) is 16.4. The first-order valence-corrected chi connectivity index (χ1v) is 8.19. The van der Waals surface area contributed by atoms with Crippen LogP contribution in [0.25, 0.3) is 0 Å². The molecule has 118 valence electrons. The third-order valence-corrected chi connectivity index (χ3v) is 4.69. The summed E-state index contributed by atoms with van der Waals surface area (Å²) in [4.78, 5) is 11.2. The van der Waals surface area contributed by atoms with Gasteiger partial charge in [-0.3, -0.25) is 4.79 Å². The molecule has 2 aromatic rings. The fourth-order valence-electron chi connectivity index (χ4n) is 1.91. The van der Waals surface area contributed by atoms with E-state index in [0.717, 1.165) is 0 Å². The van der Waals surface area contributed by atoms with E-state index in [1.807, 2.05) is 0 Å². The molecular weight excluding hydrogens is 306 g/mol. The summed E-state index contributed by atoms with van der Waals surface area (Å²) in [6.07, 6.45) is 2.30. The smallest absolute Gasteiger partial charge is 0.240 e. The number of aliphatic hydroxyl groups excluding tert-OH is 1. The lowest BCUT2D eigenvalue weighted by Crippen LogP contribution is -2.26. The second kappa shape index (κ2) is 6.87. The molecule has 0 bridgehead atoms. The lowest BCUT2D eigenvalue weighted by atomic mass is 10.1. The van der Waals surface area contributed by atoms with Crippen LogP contribution in [0.3, 0.4) is 0 Å². The Morgan fingerprint density at radius 2 is 1.95 bits per heavy atom. The maximum Gasteiger partial charge on any atom is 0.240 e. The largest absolute Gasteiger partial charge is 0.472 e. The van der Waals surface area contributed by atoms with Gasteiger partial charge in [0, 0.05) is 17.7 Å². The van der Waals surface area contributed by atoms with Crippen molar-refractivity contribution < 1.29 is 22.7 Å². The third kappa shape index (κ3) is 4.03. The van der Waals surface area contributed by atoms with E-state index >= 15 is 0 Å². The van der Waals surface area contributed by atoms with Gasteiger partial charge in [0.15, 0.2) is 5.78 Å². The SMILES string of the molecule is CC(=O)c1ccc(S(=O)(=O)NCC[C@H](O)c2ccoc2)cc1. The number of ketones is 1. The second-order valence-electron chi connectivity index (χ2n) is 4.84. The zero-order chi connectivity index (χ0) is 16.2. The summed E-state index contributed by atoms with van der Waals surface area (Å²) < 4.78 is 31.4. The Kier molecular flexibility index (Phi) is 5.12. The molecule has 0 saturated heterocycles. The molecule has 2 N–H and O–H groups in total. The molecule has 1 atom stereocenters. The van der Waals surface area contributed by atoms with E-state index in [9.17, 15) is 18.3 Å². The van der Waals surface area contributed by atoms with Gasteiger partial charge >= 0.3 is 0 Å². The molecule has 0 fully saturated rings. The van der Waals surface area contributed by atoms with Crippen molar-refractivity contribution in [3.63, 3.8) is 0 Å². The zero-order valence-electron chi connectivity index (χ0n) is 12.0. The molecule has 0 aliphatic rings. The zero-order valence-corrected chi connectivity index (χ0v) is 12.8. The highest BCUT2D eigenvalue weighted by molar-refractivity contribution is 7.89. The minimum Gasteiger partial charge on any atom is -0.472 e. The molecule has 22 heavy (non-hydrogen) atoms. The van der Waals surface area contributed by atoms with Crippen molar-refractivity contribution in [2.75, 3.05) is 6.54 Å². The Morgan fingerprint density at radius 3 is 2.50 bits per heavy atom. The van der Waals surface area contributed by atoms with E-state index in [4.69, 9.17) is 4.42 Å². The predicted molar refractivity (Wildman–Crippen MR) is 79.9 cm³/mol. The highest BCUT2D eigenvalue weighted by Gasteiger charge is 2.15. The summed E-state index contributed by atoms with van der Waals surface area (Å²) in [5.74, 6) is -0.125. The molecule has 0 unspecified atom stereocenters. The molecule has 6 nitrogen and oxygen atoms in total. The minimum absolute atomic E-state index is 0.0790. The number of aliphatic hydroxyl groups is 1. The van der Waals surface area contributed by atoms with Crippen LogP contribution >= 0.6 is 0 Å². The fourth-order valence-corrected chi connectivity index (χ4v) is 2.96. The number of hydrogen-bond acceptors (Lipinski definition) is 5. The molecule has 0 saturated carbocycles. The Balaban J connectivity index is 1.95. The summed E-state index contributed by atoms with van der Waals surface area (Å²) >= 11 is 0. The van der Waals surface area contributed by atoms with Gasteiger partial charge in [-0.15, -0.1) is 0 Å². The Hall–Kier alpha value is -1.96. The first-order chi connectivity index (χ1) is 10.4.